The molecule has 2 aliphatic rings. The van der Waals surface area contributed by atoms with Gasteiger partial charge in [0.15, 0.2) is 11.6 Å². The third kappa shape index (κ3) is 5.07. The molecule has 2 aromatic rings. The molecular weight excluding hydrogens is 442 g/mol. The fourth-order valence-electron chi connectivity index (χ4n) is 5.94. The van der Waals surface area contributed by atoms with Crippen molar-refractivity contribution in [3.63, 3.8) is 0 Å². The topological polar surface area (TPSA) is 9.23 Å². The molecule has 178 valence electrons. The van der Waals surface area contributed by atoms with E-state index in [0.29, 0.717) is 29.5 Å². The SMILES string of the molecule is CC=CCC[C@@H]1CC[C@H]2c3cc(F)cc(F)c3CC[C@@H]2[C@H]1c1ccc(OC(F)(F)F)c(F)c1. The minimum atomic E-state index is -4.98. The fraction of sp³-hybridized carbons (Fsp3) is 0.462. The van der Waals surface area contributed by atoms with Crippen molar-refractivity contribution in [2.45, 2.75) is 63.6 Å². The number of allylic oxidation sites excluding steroid dienone is 2. The molecule has 0 bridgehead atoms. The maximum absolute atomic E-state index is 14.6. The van der Waals surface area contributed by atoms with Crippen molar-refractivity contribution in [3.8, 4) is 5.75 Å². The summed E-state index contributed by atoms with van der Waals surface area (Å²) in [5, 5.41) is 0. The van der Waals surface area contributed by atoms with Gasteiger partial charge in [-0.25, -0.2) is 13.2 Å². The van der Waals surface area contributed by atoms with Gasteiger partial charge >= 0.3 is 6.36 Å². The van der Waals surface area contributed by atoms with Crippen LogP contribution in [0.2, 0.25) is 0 Å². The summed E-state index contributed by atoms with van der Waals surface area (Å²) >= 11 is 0. The van der Waals surface area contributed by atoms with E-state index in [1.54, 1.807) is 0 Å². The van der Waals surface area contributed by atoms with Gasteiger partial charge in [0.2, 0.25) is 0 Å². The average Bonchev–Trinajstić information content (AvgIpc) is 2.74. The molecule has 0 N–H and O–H groups in total. The van der Waals surface area contributed by atoms with Gasteiger partial charge in [0.1, 0.15) is 11.6 Å². The summed E-state index contributed by atoms with van der Waals surface area (Å²) < 4.78 is 84.6. The number of rotatable bonds is 5. The van der Waals surface area contributed by atoms with Crippen LogP contribution in [0.3, 0.4) is 0 Å². The van der Waals surface area contributed by atoms with Gasteiger partial charge in [0.05, 0.1) is 0 Å². The van der Waals surface area contributed by atoms with E-state index in [0.717, 1.165) is 43.9 Å². The molecule has 0 unspecified atom stereocenters. The van der Waals surface area contributed by atoms with Gasteiger partial charge in [-0.05, 0) is 104 Å². The van der Waals surface area contributed by atoms with Crippen molar-refractivity contribution < 1.29 is 31.1 Å². The molecule has 0 radical (unpaired) electrons. The van der Waals surface area contributed by atoms with E-state index in [1.807, 2.05) is 13.0 Å². The minimum absolute atomic E-state index is 0.0249. The highest BCUT2D eigenvalue weighted by molar-refractivity contribution is 5.39. The highest BCUT2D eigenvalue weighted by atomic mass is 19.4. The second-order valence-corrected chi connectivity index (χ2v) is 9.01. The van der Waals surface area contributed by atoms with Crippen molar-refractivity contribution in [2.24, 2.45) is 11.8 Å². The summed E-state index contributed by atoms with van der Waals surface area (Å²) in [6.07, 6.45) is 3.42. The van der Waals surface area contributed by atoms with Crippen LogP contribution in [0.4, 0.5) is 26.3 Å². The molecule has 0 aliphatic heterocycles. The van der Waals surface area contributed by atoms with Gasteiger partial charge in [0.25, 0.3) is 0 Å². The van der Waals surface area contributed by atoms with E-state index in [-0.39, 0.29) is 23.7 Å². The number of alkyl halides is 3. The highest BCUT2D eigenvalue weighted by Gasteiger charge is 2.44. The molecule has 1 saturated carbocycles. The zero-order valence-corrected chi connectivity index (χ0v) is 18.3. The Morgan fingerprint density at radius 3 is 2.48 bits per heavy atom. The Hall–Kier alpha value is -2.44. The molecule has 0 spiro atoms. The van der Waals surface area contributed by atoms with Gasteiger partial charge in [-0.15, -0.1) is 13.2 Å². The van der Waals surface area contributed by atoms with E-state index in [1.165, 1.54) is 12.1 Å². The van der Waals surface area contributed by atoms with Crippen molar-refractivity contribution in [3.05, 3.63) is 76.6 Å². The monoisotopic (exact) mass is 468 g/mol. The molecule has 33 heavy (non-hydrogen) atoms. The zero-order chi connectivity index (χ0) is 23.8. The second-order valence-electron chi connectivity index (χ2n) is 9.01. The minimum Gasteiger partial charge on any atom is -0.403 e. The Labute approximate surface area is 189 Å². The van der Waals surface area contributed by atoms with E-state index in [4.69, 9.17) is 0 Å². The first-order chi connectivity index (χ1) is 15.7. The maximum atomic E-state index is 14.6. The van der Waals surface area contributed by atoms with Crippen molar-refractivity contribution in [1.82, 2.24) is 0 Å². The quantitative estimate of drug-likeness (QED) is 0.317. The van der Waals surface area contributed by atoms with Crippen LogP contribution in [0.5, 0.6) is 5.75 Å². The number of hydrogen-bond donors (Lipinski definition) is 0. The van der Waals surface area contributed by atoms with Crippen LogP contribution in [-0.4, -0.2) is 6.36 Å². The van der Waals surface area contributed by atoms with Crippen LogP contribution in [0.25, 0.3) is 0 Å². The molecule has 0 aromatic heterocycles. The van der Waals surface area contributed by atoms with Crippen LogP contribution in [0.15, 0.2) is 42.5 Å². The third-order valence-electron chi connectivity index (χ3n) is 7.16. The van der Waals surface area contributed by atoms with E-state index in [9.17, 15) is 26.3 Å². The lowest BCUT2D eigenvalue weighted by atomic mass is 9.57. The molecule has 0 amide bonds. The maximum Gasteiger partial charge on any atom is 0.573 e. The summed E-state index contributed by atoms with van der Waals surface area (Å²) in [6.45, 7) is 1.93. The standard InChI is InChI=1S/C26H26F6O/c1-2-3-4-5-15-6-8-18-20(10-9-19-21(18)13-17(27)14-22(19)28)25(15)16-7-11-24(23(29)12-16)33-26(30,31)32/h2-3,7,11-15,18,20,25H,4-6,8-10H2,1H3/t15-,18-,20+,25-/m1/s1. The van der Waals surface area contributed by atoms with Crippen LogP contribution in [0.1, 0.15) is 67.6 Å². The van der Waals surface area contributed by atoms with Crippen molar-refractivity contribution >= 4 is 0 Å². The lowest BCUT2D eigenvalue weighted by molar-refractivity contribution is -0.275. The van der Waals surface area contributed by atoms with E-state index < -0.39 is 29.6 Å². The number of halogens is 6. The van der Waals surface area contributed by atoms with Gasteiger partial charge in [0, 0.05) is 6.07 Å². The fourth-order valence-corrected chi connectivity index (χ4v) is 5.94. The van der Waals surface area contributed by atoms with Gasteiger partial charge in [-0.1, -0.05) is 18.2 Å². The van der Waals surface area contributed by atoms with Gasteiger partial charge < -0.3 is 4.74 Å². The number of ether oxygens (including phenoxy) is 1. The zero-order valence-electron chi connectivity index (χ0n) is 18.3. The van der Waals surface area contributed by atoms with Crippen LogP contribution in [-0.2, 0) is 6.42 Å². The predicted molar refractivity (Wildman–Crippen MR) is 114 cm³/mol. The molecule has 0 heterocycles. The normalized spacial score (nSPS) is 25.1. The van der Waals surface area contributed by atoms with Gasteiger partial charge in [-0.3, -0.25) is 0 Å². The summed E-state index contributed by atoms with van der Waals surface area (Å²) in [5.74, 6) is -3.05. The Kier molecular flexibility index (Phi) is 6.78. The summed E-state index contributed by atoms with van der Waals surface area (Å²) in [7, 11) is 0. The average molecular weight is 468 g/mol. The molecule has 7 heteroatoms. The molecule has 1 nitrogen and oxygen atoms in total. The smallest absolute Gasteiger partial charge is 0.403 e. The first-order valence-electron chi connectivity index (χ1n) is 11.3. The summed E-state index contributed by atoms with van der Waals surface area (Å²) in [4.78, 5) is 0. The predicted octanol–water partition coefficient (Wildman–Crippen LogP) is 8.20. The number of benzene rings is 2. The Balaban J connectivity index is 1.71. The van der Waals surface area contributed by atoms with Crippen molar-refractivity contribution in [2.75, 3.05) is 0 Å². The molecule has 4 rings (SSSR count). The third-order valence-corrected chi connectivity index (χ3v) is 7.16. The van der Waals surface area contributed by atoms with Crippen LogP contribution >= 0.6 is 0 Å². The van der Waals surface area contributed by atoms with Crippen molar-refractivity contribution in [1.29, 1.82) is 0 Å². The molecule has 2 aliphatic carbocycles. The Bertz CT molecular complexity index is 1030. The Morgan fingerprint density at radius 2 is 1.79 bits per heavy atom. The van der Waals surface area contributed by atoms with Crippen LogP contribution in [0, 0.1) is 29.3 Å². The molecular formula is C26H26F6O. The molecule has 4 atom stereocenters. The highest BCUT2D eigenvalue weighted by Crippen LogP contribution is 2.55. The van der Waals surface area contributed by atoms with Crippen LogP contribution < -0.4 is 4.74 Å². The summed E-state index contributed by atoms with van der Waals surface area (Å²) in [6, 6.07) is 5.99. The largest absolute Gasteiger partial charge is 0.573 e. The Morgan fingerprint density at radius 1 is 1.00 bits per heavy atom. The first-order valence-corrected chi connectivity index (χ1v) is 11.3. The lowest BCUT2D eigenvalue weighted by Crippen LogP contribution is -2.35. The van der Waals surface area contributed by atoms with E-state index in [2.05, 4.69) is 10.8 Å². The van der Waals surface area contributed by atoms with Gasteiger partial charge in [-0.2, -0.15) is 0 Å². The lowest BCUT2D eigenvalue weighted by Gasteiger charge is -2.47. The number of hydrogen-bond acceptors (Lipinski definition) is 1. The second kappa shape index (κ2) is 9.43. The van der Waals surface area contributed by atoms with E-state index >= 15 is 0 Å². The number of fused-ring (bicyclic) bond motifs is 3. The first kappa shape index (κ1) is 23.7. The molecule has 2 aromatic carbocycles. The summed E-state index contributed by atoms with van der Waals surface area (Å²) in [5.41, 5.74) is 1.84. The molecule has 0 saturated heterocycles. The molecule has 1 fully saturated rings.